The lowest BCUT2D eigenvalue weighted by atomic mass is 10.1. The van der Waals surface area contributed by atoms with Gasteiger partial charge in [0.15, 0.2) is 0 Å². The number of hydrogen-bond donors (Lipinski definition) is 2. The van der Waals surface area contributed by atoms with Crippen LogP contribution in [-0.2, 0) is 10.0 Å². The van der Waals surface area contributed by atoms with Crippen LogP contribution in [-0.4, -0.2) is 26.0 Å². The van der Waals surface area contributed by atoms with Gasteiger partial charge in [-0.15, -0.1) is 11.8 Å². The molecule has 1 saturated carbocycles. The summed E-state index contributed by atoms with van der Waals surface area (Å²) in [5, 5.41) is 0. The predicted molar refractivity (Wildman–Crippen MR) is 89.9 cm³/mol. The maximum absolute atomic E-state index is 12.1. The number of anilines is 1. The predicted octanol–water partition coefficient (Wildman–Crippen LogP) is 2.86. The third-order valence-electron chi connectivity index (χ3n) is 3.65. The summed E-state index contributed by atoms with van der Waals surface area (Å²) in [5.41, 5.74) is 6.35. The van der Waals surface area contributed by atoms with Crippen molar-refractivity contribution in [3.63, 3.8) is 0 Å². The Balaban J connectivity index is 1.75. The summed E-state index contributed by atoms with van der Waals surface area (Å²) in [7, 11) is -3.18. The van der Waals surface area contributed by atoms with Crippen molar-refractivity contribution in [3.05, 3.63) is 24.3 Å². The highest BCUT2D eigenvalue weighted by molar-refractivity contribution is 8.00. The number of hydrogen-bond acceptors (Lipinski definition) is 4. The van der Waals surface area contributed by atoms with Crippen LogP contribution in [0.5, 0.6) is 0 Å². The summed E-state index contributed by atoms with van der Waals surface area (Å²) in [5.74, 6) is 1.45. The molecule has 2 rings (SSSR count). The molecule has 1 aliphatic carbocycles. The molecule has 0 heterocycles. The highest BCUT2D eigenvalue weighted by Crippen LogP contribution is 2.34. The van der Waals surface area contributed by atoms with Crippen molar-refractivity contribution in [2.45, 2.75) is 43.5 Å². The molecule has 1 fully saturated rings. The summed E-state index contributed by atoms with van der Waals surface area (Å²) in [6.45, 7) is 2.04. The van der Waals surface area contributed by atoms with Gasteiger partial charge in [0.2, 0.25) is 10.0 Å². The number of thioether (sulfide) groups is 1. The third-order valence-corrected chi connectivity index (χ3v) is 6.36. The second kappa shape index (κ2) is 7.51. The molecule has 1 aromatic rings. The second-order valence-corrected chi connectivity index (χ2v) is 8.68. The van der Waals surface area contributed by atoms with Gasteiger partial charge in [-0.1, -0.05) is 19.8 Å². The summed E-state index contributed by atoms with van der Waals surface area (Å²) in [6, 6.07) is 7.60. The van der Waals surface area contributed by atoms with Crippen LogP contribution in [0.4, 0.5) is 5.69 Å². The minimum Gasteiger partial charge on any atom is -0.399 e. The van der Waals surface area contributed by atoms with E-state index in [9.17, 15) is 8.42 Å². The van der Waals surface area contributed by atoms with Crippen molar-refractivity contribution in [1.82, 2.24) is 4.72 Å². The molecule has 0 saturated heterocycles. The summed E-state index contributed by atoms with van der Waals surface area (Å²) in [4.78, 5) is 1.05. The van der Waals surface area contributed by atoms with Gasteiger partial charge in [0.25, 0.3) is 0 Å². The number of benzene rings is 1. The van der Waals surface area contributed by atoms with E-state index >= 15 is 0 Å². The molecule has 118 valence electrons. The van der Waals surface area contributed by atoms with Gasteiger partial charge in [-0.3, -0.25) is 0 Å². The molecule has 4 nitrogen and oxygen atoms in total. The normalized spacial score (nSPS) is 16.8. The van der Waals surface area contributed by atoms with Crippen LogP contribution in [0.15, 0.2) is 29.2 Å². The Morgan fingerprint density at radius 3 is 2.57 bits per heavy atom. The molecule has 1 unspecified atom stereocenters. The van der Waals surface area contributed by atoms with Gasteiger partial charge in [-0.2, -0.15) is 0 Å². The lowest BCUT2D eigenvalue weighted by Crippen LogP contribution is -2.36. The van der Waals surface area contributed by atoms with E-state index in [2.05, 4.69) is 4.72 Å². The van der Waals surface area contributed by atoms with E-state index in [4.69, 9.17) is 5.73 Å². The van der Waals surface area contributed by atoms with E-state index in [1.165, 1.54) is 12.8 Å². The topological polar surface area (TPSA) is 72.2 Å². The van der Waals surface area contributed by atoms with Crippen molar-refractivity contribution in [3.8, 4) is 0 Å². The molecule has 0 spiro atoms. The molecule has 1 aliphatic rings. The van der Waals surface area contributed by atoms with Crippen molar-refractivity contribution in [2.24, 2.45) is 5.92 Å². The number of nitrogen functional groups attached to an aromatic ring is 1. The van der Waals surface area contributed by atoms with E-state index in [-0.39, 0.29) is 11.8 Å². The van der Waals surface area contributed by atoms with E-state index < -0.39 is 10.0 Å². The molecule has 0 amide bonds. The molecule has 0 radical (unpaired) electrons. The van der Waals surface area contributed by atoms with Gasteiger partial charge >= 0.3 is 0 Å². The molecule has 21 heavy (non-hydrogen) atoms. The Bertz CT molecular complexity index is 539. The number of nitrogens with two attached hydrogens (primary N) is 1. The van der Waals surface area contributed by atoms with Crippen LogP contribution in [0.1, 0.15) is 32.6 Å². The third kappa shape index (κ3) is 6.28. The van der Waals surface area contributed by atoms with Crippen molar-refractivity contribution >= 4 is 27.5 Å². The van der Waals surface area contributed by atoms with Gasteiger partial charge in [0.05, 0.1) is 5.75 Å². The van der Waals surface area contributed by atoms with Gasteiger partial charge in [0, 0.05) is 22.4 Å². The monoisotopic (exact) mass is 328 g/mol. The summed E-state index contributed by atoms with van der Waals surface area (Å²) >= 11 is 1.54. The average Bonchev–Trinajstić information content (AvgIpc) is 3.24. The first-order valence-electron chi connectivity index (χ1n) is 7.47. The molecular weight excluding hydrogens is 304 g/mol. The Kier molecular flexibility index (Phi) is 5.96. The Morgan fingerprint density at radius 1 is 1.33 bits per heavy atom. The molecule has 0 aromatic heterocycles. The molecule has 1 atom stereocenters. The lowest BCUT2D eigenvalue weighted by Gasteiger charge is -2.16. The number of nitrogens with one attached hydrogen (secondary N) is 1. The molecule has 1 aromatic carbocycles. The number of rotatable bonds is 9. The smallest absolute Gasteiger partial charge is 0.212 e. The second-order valence-electron chi connectivity index (χ2n) is 5.64. The molecule has 0 bridgehead atoms. The fraction of sp³-hybridized carbons (Fsp3) is 0.600. The van der Waals surface area contributed by atoms with Crippen LogP contribution in [0.3, 0.4) is 0 Å². The number of sulfonamides is 1. The maximum Gasteiger partial charge on any atom is 0.212 e. The zero-order chi connectivity index (χ0) is 15.3. The zero-order valence-electron chi connectivity index (χ0n) is 12.4. The standard InChI is InChI=1S/C15H24N2O2S2/c1-2-14(11-12-3-4-12)17-21(18,19)10-9-20-15-7-5-13(16)6-8-15/h5-8,12,14,17H,2-4,9-11,16H2,1H3. The quantitative estimate of drug-likeness (QED) is 0.540. The Morgan fingerprint density at radius 2 is 2.00 bits per heavy atom. The van der Waals surface area contributed by atoms with Crippen LogP contribution in [0.2, 0.25) is 0 Å². The fourth-order valence-corrected chi connectivity index (χ4v) is 4.86. The van der Waals surface area contributed by atoms with Crippen LogP contribution >= 0.6 is 11.8 Å². The summed E-state index contributed by atoms with van der Waals surface area (Å²) < 4.78 is 27.1. The minimum atomic E-state index is -3.18. The van der Waals surface area contributed by atoms with Crippen molar-refractivity contribution < 1.29 is 8.42 Å². The molecule has 0 aliphatic heterocycles. The van der Waals surface area contributed by atoms with Crippen molar-refractivity contribution in [2.75, 3.05) is 17.2 Å². The first-order valence-corrected chi connectivity index (χ1v) is 10.1. The maximum atomic E-state index is 12.1. The first kappa shape index (κ1) is 16.6. The highest BCUT2D eigenvalue weighted by atomic mass is 32.2. The Hall–Kier alpha value is -0.720. The van der Waals surface area contributed by atoms with E-state index in [1.807, 2.05) is 31.2 Å². The zero-order valence-corrected chi connectivity index (χ0v) is 14.1. The van der Waals surface area contributed by atoms with Crippen LogP contribution in [0.25, 0.3) is 0 Å². The van der Waals surface area contributed by atoms with E-state index in [0.29, 0.717) is 5.75 Å². The van der Waals surface area contributed by atoms with Gasteiger partial charge in [-0.05, 0) is 43.0 Å². The highest BCUT2D eigenvalue weighted by Gasteiger charge is 2.26. The molecular formula is C15H24N2O2S2. The Labute approximate surface area is 131 Å². The molecule has 3 N–H and O–H groups in total. The fourth-order valence-electron chi connectivity index (χ4n) is 2.20. The van der Waals surface area contributed by atoms with Crippen LogP contribution in [0, 0.1) is 5.92 Å². The van der Waals surface area contributed by atoms with E-state index in [0.717, 1.165) is 29.3 Å². The first-order chi connectivity index (χ1) is 9.98. The van der Waals surface area contributed by atoms with Gasteiger partial charge in [-0.25, -0.2) is 13.1 Å². The van der Waals surface area contributed by atoms with Crippen molar-refractivity contribution in [1.29, 1.82) is 0 Å². The van der Waals surface area contributed by atoms with E-state index in [1.54, 1.807) is 11.8 Å². The van der Waals surface area contributed by atoms with Crippen LogP contribution < -0.4 is 10.5 Å². The minimum absolute atomic E-state index is 0.101. The molecule has 6 heteroatoms. The van der Waals surface area contributed by atoms with Gasteiger partial charge in [0.1, 0.15) is 0 Å². The lowest BCUT2D eigenvalue weighted by molar-refractivity contribution is 0.496. The van der Waals surface area contributed by atoms with Gasteiger partial charge < -0.3 is 5.73 Å². The SMILES string of the molecule is CCC(CC1CC1)NS(=O)(=O)CCSc1ccc(N)cc1. The average molecular weight is 329 g/mol. The largest absolute Gasteiger partial charge is 0.399 e. The summed E-state index contributed by atoms with van der Waals surface area (Å²) in [6.07, 6.45) is 4.36.